The number of rotatable bonds is 13. The minimum atomic E-state index is -0.140. The van der Waals surface area contributed by atoms with Gasteiger partial charge in [0.25, 0.3) is 0 Å². The normalized spacial score (nSPS) is 10.8. The average molecular weight is 513 g/mol. The van der Waals surface area contributed by atoms with Gasteiger partial charge in [-0.15, -0.1) is 20.4 Å². The van der Waals surface area contributed by atoms with Gasteiger partial charge in [-0.1, -0.05) is 34.8 Å². The average Bonchev–Trinajstić information content (AvgIpc) is 3.49. The molecule has 34 heavy (non-hydrogen) atoms. The number of aromatic nitrogens is 6. The van der Waals surface area contributed by atoms with E-state index in [-0.39, 0.29) is 12.3 Å². The SMILES string of the molecule is O=C(Cc1ccccn1)Nc1nnc(CCSCCc2nnc(NCCc3ccccn3)s2)s1. The second-order valence-electron chi connectivity index (χ2n) is 7.16. The Morgan fingerprint density at radius 2 is 1.44 bits per heavy atom. The predicted octanol–water partition coefficient (Wildman–Crippen LogP) is 3.53. The van der Waals surface area contributed by atoms with Crippen LogP contribution in [0.1, 0.15) is 21.4 Å². The summed E-state index contributed by atoms with van der Waals surface area (Å²) in [7, 11) is 0. The molecule has 4 aromatic rings. The van der Waals surface area contributed by atoms with Crippen LogP contribution in [0.15, 0.2) is 48.8 Å². The lowest BCUT2D eigenvalue weighted by Gasteiger charge is -2.01. The van der Waals surface area contributed by atoms with Crippen LogP contribution >= 0.6 is 34.4 Å². The quantitative estimate of drug-likeness (QED) is 0.259. The highest BCUT2D eigenvalue weighted by atomic mass is 32.2. The van der Waals surface area contributed by atoms with Crippen molar-refractivity contribution >= 4 is 50.6 Å². The molecule has 0 spiro atoms. The summed E-state index contributed by atoms with van der Waals surface area (Å²) in [4.78, 5) is 20.6. The van der Waals surface area contributed by atoms with Gasteiger partial charge in [0.05, 0.1) is 6.42 Å². The predicted molar refractivity (Wildman–Crippen MR) is 138 cm³/mol. The van der Waals surface area contributed by atoms with E-state index < -0.39 is 0 Å². The molecule has 4 heterocycles. The molecule has 0 aliphatic heterocycles. The number of pyridine rings is 2. The smallest absolute Gasteiger partial charge is 0.232 e. The Morgan fingerprint density at radius 1 is 0.794 bits per heavy atom. The summed E-state index contributed by atoms with van der Waals surface area (Å²) in [6.07, 6.45) is 6.26. The van der Waals surface area contributed by atoms with E-state index in [1.54, 1.807) is 17.5 Å². The maximum Gasteiger partial charge on any atom is 0.232 e. The standard InChI is InChI=1S/C22H24N8OS3/c31-18(15-17-6-2-4-11-24-17)26-22-30-28-20(34-22)9-14-32-13-8-19-27-29-21(33-19)25-12-7-16-5-1-3-10-23-16/h1-6,10-11H,7-9,12-15H2,(H,25,29)(H,26,30,31). The van der Waals surface area contributed by atoms with Crippen LogP contribution in [0.5, 0.6) is 0 Å². The molecule has 0 aliphatic rings. The molecule has 0 radical (unpaired) electrons. The van der Waals surface area contributed by atoms with Gasteiger partial charge in [-0.25, -0.2) is 0 Å². The van der Waals surface area contributed by atoms with Crippen LogP contribution in [-0.2, 0) is 30.5 Å². The summed E-state index contributed by atoms with van der Waals surface area (Å²) in [5.74, 6) is 1.76. The topological polar surface area (TPSA) is 118 Å². The first kappa shape index (κ1) is 24.2. The van der Waals surface area contributed by atoms with Crippen LogP contribution < -0.4 is 10.6 Å². The summed E-state index contributed by atoms with van der Waals surface area (Å²) in [5.41, 5.74) is 1.79. The van der Waals surface area contributed by atoms with Gasteiger partial charge in [-0.05, 0) is 35.8 Å². The minimum absolute atomic E-state index is 0.140. The molecule has 0 bridgehead atoms. The largest absolute Gasteiger partial charge is 0.360 e. The van der Waals surface area contributed by atoms with Crippen LogP contribution in [0.25, 0.3) is 0 Å². The number of aryl methyl sites for hydroxylation is 2. The van der Waals surface area contributed by atoms with Crippen LogP contribution in [0.3, 0.4) is 0 Å². The highest BCUT2D eigenvalue weighted by molar-refractivity contribution is 7.99. The number of thioether (sulfide) groups is 1. The number of hydrogen-bond acceptors (Lipinski definition) is 11. The van der Waals surface area contributed by atoms with Crippen molar-refractivity contribution in [2.24, 2.45) is 0 Å². The van der Waals surface area contributed by atoms with Crippen molar-refractivity contribution in [2.45, 2.75) is 25.7 Å². The van der Waals surface area contributed by atoms with Crippen molar-refractivity contribution < 1.29 is 4.79 Å². The first-order valence-corrected chi connectivity index (χ1v) is 13.6. The van der Waals surface area contributed by atoms with Gasteiger partial charge >= 0.3 is 0 Å². The lowest BCUT2D eigenvalue weighted by molar-refractivity contribution is -0.115. The number of anilines is 2. The Morgan fingerprint density at radius 3 is 2.12 bits per heavy atom. The molecule has 0 aromatic carbocycles. The molecule has 1 amide bonds. The van der Waals surface area contributed by atoms with Crippen molar-refractivity contribution in [1.82, 2.24) is 30.4 Å². The van der Waals surface area contributed by atoms with Crippen LogP contribution in [0.2, 0.25) is 0 Å². The lowest BCUT2D eigenvalue weighted by Crippen LogP contribution is -2.14. The van der Waals surface area contributed by atoms with Crippen LogP contribution in [-0.4, -0.2) is 54.3 Å². The molecule has 4 aromatic heterocycles. The zero-order valence-corrected chi connectivity index (χ0v) is 20.8. The van der Waals surface area contributed by atoms with Gasteiger partial charge < -0.3 is 10.6 Å². The molecule has 0 saturated carbocycles. The molecule has 12 heteroatoms. The monoisotopic (exact) mass is 512 g/mol. The highest BCUT2D eigenvalue weighted by Gasteiger charge is 2.10. The summed E-state index contributed by atoms with van der Waals surface area (Å²) < 4.78 is 0. The van der Waals surface area contributed by atoms with E-state index in [1.807, 2.05) is 54.4 Å². The Hall–Kier alpha value is -2.96. The van der Waals surface area contributed by atoms with Crippen molar-refractivity contribution in [3.05, 3.63) is 70.2 Å². The highest BCUT2D eigenvalue weighted by Crippen LogP contribution is 2.20. The molecule has 0 atom stereocenters. The van der Waals surface area contributed by atoms with E-state index in [2.05, 4.69) is 41.0 Å². The summed E-state index contributed by atoms with van der Waals surface area (Å²) in [6.45, 7) is 0.786. The Kier molecular flexibility index (Phi) is 9.29. The Labute approximate surface area is 209 Å². The molecule has 0 unspecified atom stereocenters. The lowest BCUT2D eigenvalue weighted by atomic mass is 10.2. The second kappa shape index (κ2) is 13.1. The van der Waals surface area contributed by atoms with Crippen molar-refractivity contribution in [1.29, 1.82) is 0 Å². The van der Waals surface area contributed by atoms with Gasteiger partial charge in [0.1, 0.15) is 10.0 Å². The van der Waals surface area contributed by atoms with Gasteiger partial charge in [0, 0.05) is 49.6 Å². The molecule has 0 fully saturated rings. The van der Waals surface area contributed by atoms with E-state index in [1.165, 1.54) is 11.3 Å². The molecule has 9 nitrogen and oxygen atoms in total. The fourth-order valence-electron chi connectivity index (χ4n) is 2.93. The number of nitrogens with zero attached hydrogens (tertiary/aromatic N) is 6. The molecular weight excluding hydrogens is 488 g/mol. The number of amides is 1. The van der Waals surface area contributed by atoms with Crippen LogP contribution in [0, 0.1) is 0 Å². The van der Waals surface area contributed by atoms with Crippen molar-refractivity contribution in [3.63, 3.8) is 0 Å². The first-order valence-electron chi connectivity index (χ1n) is 10.8. The summed E-state index contributed by atoms with van der Waals surface area (Å²) in [6, 6.07) is 11.4. The van der Waals surface area contributed by atoms with Gasteiger partial charge in [-0.3, -0.25) is 14.8 Å². The number of nitrogens with one attached hydrogen (secondary N) is 2. The fourth-order valence-corrected chi connectivity index (χ4v) is 5.58. The zero-order valence-electron chi connectivity index (χ0n) is 18.4. The van der Waals surface area contributed by atoms with E-state index in [0.717, 1.165) is 63.8 Å². The third-order valence-electron chi connectivity index (χ3n) is 4.55. The van der Waals surface area contributed by atoms with E-state index in [4.69, 9.17) is 0 Å². The van der Waals surface area contributed by atoms with Crippen molar-refractivity contribution in [2.75, 3.05) is 28.7 Å². The third kappa shape index (κ3) is 8.12. The Balaban J connectivity index is 1.09. The summed E-state index contributed by atoms with van der Waals surface area (Å²) >= 11 is 4.86. The fraction of sp³-hybridized carbons (Fsp3) is 0.318. The molecule has 176 valence electrons. The first-order chi connectivity index (χ1) is 16.7. The number of carbonyl (C=O) groups excluding carboxylic acids is 1. The number of hydrogen-bond donors (Lipinski definition) is 2. The minimum Gasteiger partial charge on any atom is -0.360 e. The zero-order chi connectivity index (χ0) is 23.4. The van der Waals surface area contributed by atoms with Crippen molar-refractivity contribution in [3.8, 4) is 0 Å². The number of carbonyl (C=O) groups is 1. The van der Waals surface area contributed by atoms with Gasteiger partial charge in [0.15, 0.2) is 0 Å². The molecule has 0 aliphatic carbocycles. The van der Waals surface area contributed by atoms with E-state index >= 15 is 0 Å². The van der Waals surface area contributed by atoms with Gasteiger partial charge in [-0.2, -0.15) is 11.8 Å². The maximum atomic E-state index is 12.1. The van der Waals surface area contributed by atoms with E-state index in [9.17, 15) is 4.79 Å². The maximum absolute atomic E-state index is 12.1. The molecule has 4 rings (SSSR count). The van der Waals surface area contributed by atoms with Gasteiger partial charge in [0.2, 0.25) is 16.2 Å². The third-order valence-corrected chi connectivity index (χ3v) is 7.38. The van der Waals surface area contributed by atoms with Crippen LogP contribution in [0.4, 0.5) is 10.3 Å². The molecule has 0 saturated heterocycles. The van der Waals surface area contributed by atoms with E-state index in [0.29, 0.717) is 5.13 Å². The molecule has 2 N–H and O–H groups in total. The summed E-state index contributed by atoms with van der Waals surface area (Å²) in [5, 5.41) is 26.2. The Bertz CT molecular complexity index is 1150. The second-order valence-corrected chi connectivity index (χ2v) is 10.5. The molecular formula is C22H24N8OS3.